The Labute approximate surface area is 206 Å². The highest BCUT2D eigenvalue weighted by atomic mass is 79.9. The molecule has 0 aliphatic rings. The highest BCUT2D eigenvalue weighted by molar-refractivity contribution is 9.11. The van der Waals surface area contributed by atoms with E-state index in [1.165, 1.54) is 12.1 Å². The number of nitriles is 1. The van der Waals surface area contributed by atoms with Crippen molar-refractivity contribution in [1.82, 2.24) is 0 Å². The van der Waals surface area contributed by atoms with Gasteiger partial charge in [-0.1, -0.05) is 53.5 Å². The predicted molar refractivity (Wildman–Crippen MR) is 131 cm³/mol. The van der Waals surface area contributed by atoms with Crippen molar-refractivity contribution in [3.05, 3.63) is 96.4 Å². The highest BCUT2D eigenvalue weighted by Crippen LogP contribution is 2.36. The van der Waals surface area contributed by atoms with Crippen LogP contribution in [0.4, 0.5) is 5.69 Å². The van der Waals surface area contributed by atoms with Crippen LogP contribution in [0.15, 0.2) is 75.2 Å². The van der Waals surface area contributed by atoms with Gasteiger partial charge in [-0.3, -0.25) is 4.79 Å². The van der Waals surface area contributed by atoms with Crippen LogP contribution in [0.2, 0.25) is 10.0 Å². The van der Waals surface area contributed by atoms with Crippen molar-refractivity contribution in [2.45, 2.75) is 6.61 Å². The number of amides is 1. The Kier molecular flexibility index (Phi) is 8.16. The molecule has 0 aliphatic heterocycles. The van der Waals surface area contributed by atoms with E-state index >= 15 is 0 Å². The van der Waals surface area contributed by atoms with E-state index in [0.29, 0.717) is 42.6 Å². The molecule has 0 saturated carbocycles. The lowest BCUT2D eigenvalue weighted by Crippen LogP contribution is -2.13. The van der Waals surface area contributed by atoms with Crippen LogP contribution in [0.3, 0.4) is 0 Å². The Morgan fingerprint density at radius 1 is 1.06 bits per heavy atom. The summed E-state index contributed by atoms with van der Waals surface area (Å²) in [4.78, 5) is 12.6. The van der Waals surface area contributed by atoms with Crippen LogP contribution < -0.4 is 10.1 Å². The van der Waals surface area contributed by atoms with E-state index in [1.807, 2.05) is 36.4 Å². The first-order valence-corrected chi connectivity index (χ1v) is 11.3. The molecule has 0 atom stereocenters. The average molecular weight is 581 g/mol. The largest absolute Gasteiger partial charge is 0.487 e. The maximum Gasteiger partial charge on any atom is 0.266 e. The molecule has 3 aromatic carbocycles. The second kappa shape index (κ2) is 10.8. The Balaban J connectivity index is 1.79. The minimum Gasteiger partial charge on any atom is -0.487 e. The van der Waals surface area contributed by atoms with Gasteiger partial charge in [-0.05, 0) is 79.4 Å². The summed E-state index contributed by atoms with van der Waals surface area (Å²) in [5.74, 6) is 0.0259. The molecule has 156 valence electrons. The molecule has 4 nitrogen and oxygen atoms in total. The molecule has 3 aromatic rings. The maximum absolute atomic E-state index is 12.6. The topological polar surface area (TPSA) is 62.1 Å². The monoisotopic (exact) mass is 578 g/mol. The van der Waals surface area contributed by atoms with Crippen LogP contribution in [-0.4, -0.2) is 5.91 Å². The molecule has 1 N–H and O–H groups in total. The number of carbonyl (C=O) groups excluding carboxylic acids is 1. The number of nitrogens with zero attached hydrogens (tertiary/aromatic N) is 1. The highest BCUT2D eigenvalue weighted by Gasteiger charge is 2.14. The lowest BCUT2D eigenvalue weighted by molar-refractivity contribution is -0.112. The van der Waals surface area contributed by atoms with Gasteiger partial charge in [0.1, 0.15) is 24.0 Å². The number of hydrogen-bond donors (Lipinski definition) is 1. The van der Waals surface area contributed by atoms with E-state index < -0.39 is 5.91 Å². The minimum absolute atomic E-state index is 0.0900. The Bertz CT molecular complexity index is 1170. The molecule has 31 heavy (non-hydrogen) atoms. The number of benzene rings is 3. The van der Waals surface area contributed by atoms with Gasteiger partial charge in [0, 0.05) is 5.02 Å². The molecule has 3 rings (SSSR count). The van der Waals surface area contributed by atoms with Crippen molar-refractivity contribution < 1.29 is 9.53 Å². The summed E-state index contributed by atoms with van der Waals surface area (Å²) in [5.41, 5.74) is 1.91. The fourth-order valence-electron chi connectivity index (χ4n) is 2.63. The van der Waals surface area contributed by atoms with Crippen LogP contribution >= 0.6 is 55.1 Å². The molecule has 0 unspecified atom stereocenters. The predicted octanol–water partition coefficient (Wildman–Crippen LogP) is 7.64. The van der Waals surface area contributed by atoms with Crippen molar-refractivity contribution in [3.8, 4) is 11.8 Å². The molecule has 0 radical (unpaired) electrons. The second-order valence-electron chi connectivity index (χ2n) is 6.34. The first-order chi connectivity index (χ1) is 14.9. The van der Waals surface area contributed by atoms with Crippen molar-refractivity contribution in [1.29, 1.82) is 5.26 Å². The van der Waals surface area contributed by atoms with Crippen LogP contribution in [0.5, 0.6) is 5.75 Å². The fourth-order valence-corrected chi connectivity index (χ4v) is 4.42. The Morgan fingerprint density at radius 2 is 1.74 bits per heavy atom. The van der Waals surface area contributed by atoms with E-state index in [2.05, 4.69) is 37.2 Å². The van der Waals surface area contributed by atoms with Crippen LogP contribution in [0, 0.1) is 11.3 Å². The van der Waals surface area contributed by atoms with Gasteiger partial charge in [-0.2, -0.15) is 5.26 Å². The van der Waals surface area contributed by atoms with Gasteiger partial charge in [0.15, 0.2) is 0 Å². The third kappa shape index (κ3) is 6.34. The Morgan fingerprint density at radius 3 is 2.39 bits per heavy atom. The smallest absolute Gasteiger partial charge is 0.266 e. The number of anilines is 1. The number of ether oxygens (including phenoxy) is 1. The first kappa shape index (κ1) is 23.4. The molecule has 1 amide bonds. The normalized spacial score (nSPS) is 11.0. The number of rotatable bonds is 6. The summed E-state index contributed by atoms with van der Waals surface area (Å²) in [5, 5.41) is 12.8. The zero-order chi connectivity index (χ0) is 22.4. The summed E-state index contributed by atoms with van der Waals surface area (Å²) in [6.45, 7) is 0.402. The van der Waals surface area contributed by atoms with E-state index in [4.69, 9.17) is 27.9 Å². The van der Waals surface area contributed by atoms with E-state index in [0.717, 1.165) is 5.56 Å². The average Bonchev–Trinajstić information content (AvgIpc) is 2.74. The van der Waals surface area contributed by atoms with Gasteiger partial charge in [-0.25, -0.2) is 0 Å². The molecule has 0 saturated heterocycles. The van der Waals surface area contributed by atoms with Gasteiger partial charge >= 0.3 is 0 Å². The lowest BCUT2D eigenvalue weighted by Gasteiger charge is -2.12. The third-order valence-electron chi connectivity index (χ3n) is 4.10. The van der Waals surface area contributed by atoms with E-state index in [9.17, 15) is 10.1 Å². The number of hydrogen-bond acceptors (Lipinski definition) is 3. The molecule has 0 spiro atoms. The van der Waals surface area contributed by atoms with Crippen molar-refractivity contribution in [2.24, 2.45) is 0 Å². The third-order valence-corrected chi connectivity index (χ3v) is 5.84. The zero-order valence-electron chi connectivity index (χ0n) is 15.8. The molecule has 0 bridgehead atoms. The van der Waals surface area contributed by atoms with Crippen molar-refractivity contribution in [3.63, 3.8) is 0 Å². The Hall–Kier alpha value is -2.30. The van der Waals surface area contributed by atoms with Crippen LogP contribution in [0.25, 0.3) is 6.08 Å². The summed E-state index contributed by atoms with van der Waals surface area (Å²) < 4.78 is 7.27. The quantitative estimate of drug-likeness (QED) is 0.241. The number of halogens is 4. The molecule has 0 fully saturated rings. The molecule has 0 aliphatic carbocycles. The number of nitrogens with one attached hydrogen (secondary N) is 1. The number of carbonyl (C=O) groups is 1. The molecular formula is C23H14Br2Cl2N2O2. The van der Waals surface area contributed by atoms with Gasteiger partial charge in [0.25, 0.3) is 5.91 Å². The summed E-state index contributed by atoms with van der Waals surface area (Å²) in [7, 11) is 0. The van der Waals surface area contributed by atoms with Crippen molar-refractivity contribution >= 4 is 72.7 Å². The van der Waals surface area contributed by atoms with E-state index in [-0.39, 0.29) is 5.57 Å². The van der Waals surface area contributed by atoms with Gasteiger partial charge in [-0.15, -0.1) is 0 Å². The maximum atomic E-state index is 12.6. The van der Waals surface area contributed by atoms with E-state index in [1.54, 1.807) is 24.3 Å². The van der Waals surface area contributed by atoms with Gasteiger partial charge < -0.3 is 10.1 Å². The molecule has 0 aromatic heterocycles. The standard InChI is InChI=1S/C23H14Br2Cl2N2O2/c24-18-9-15(10-19(25)22(18)31-13-14-4-2-1-3-5-14)8-16(12-28)23(30)29-21-11-17(26)6-7-20(21)27/h1-11H,13H2,(H,29,30)/b16-8-. The summed E-state index contributed by atoms with van der Waals surface area (Å²) >= 11 is 19.0. The zero-order valence-corrected chi connectivity index (χ0v) is 20.5. The first-order valence-electron chi connectivity index (χ1n) is 8.91. The summed E-state index contributed by atoms with van der Waals surface area (Å²) in [6, 6.07) is 19.9. The second-order valence-corrected chi connectivity index (χ2v) is 8.89. The molecule has 8 heteroatoms. The fraction of sp³-hybridized carbons (Fsp3) is 0.0435. The lowest BCUT2D eigenvalue weighted by atomic mass is 10.1. The van der Waals surface area contributed by atoms with Crippen molar-refractivity contribution in [2.75, 3.05) is 5.32 Å². The van der Waals surface area contributed by atoms with Gasteiger partial charge in [0.2, 0.25) is 0 Å². The minimum atomic E-state index is -0.594. The van der Waals surface area contributed by atoms with Crippen LogP contribution in [-0.2, 0) is 11.4 Å². The summed E-state index contributed by atoms with van der Waals surface area (Å²) in [6.07, 6.45) is 1.48. The molecule has 0 heterocycles. The van der Waals surface area contributed by atoms with Crippen LogP contribution in [0.1, 0.15) is 11.1 Å². The SMILES string of the molecule is N#C/C(=C/c1cc(Br)c(OCc2ccccc2)c(Br)c1)C(=O)Nc1cc(Cl)ccc1Cl. The van der Waals surface area contributed by atoms with Gasteiger partial charge in [0.05, 0.1) is 19.7 Å². The molecular weight excluding hydrogens is 567 g/mol.